The number of hydrogen-bond donors (Lipinski definition) is 1. The average molecular weight is 196 g/mol. The van der Waals surface area contributed by atoms with Gasteiger partial charge in [0.05, 0.1) is 6.04 Å². The lowest BCUT2D eigenvalue weighted by Gasteiger charge is -2.09. The third-order valence-corrected chi connectivity index (χ3v) is 2.29. The molecule has 1 heterocycles. The van der Waals surface area contributed by atoms with Crippen LogP contribution in [0.15, 0.2) is 16.5 Å². The molecule has 3 nitrogen and oxygen atoms in total. The third-order valence-electron chi connectivity index (χ3n) is 2.29. The minimum absolute atomic E-state index is 0.0450. The summed E-state index contributed by atoms with van der Waals surface area (Å²) in [6.07, 6.45) is 3.32. The number of anilines is 1. The van der Waals surface area contributed by atoms with E-state index < -0.39 is 0 Å². The van der Waals surface area contributed by atoms with Crippen LogP contribution in [-0.2, 0) is 0 Å². The summed E-state index contributed by atoms with van der Waals surface area (Å²) in [5, 5.41) is 0. The van der Waals surface area contributed by atoms with Crippen molar-refractivity contribution in [2.24, 2.45) is 5.73 Å². The maximum Gasteiger partial charge on any atom is 0.195 e. The van der Waals surface area contributed by atoms with Crippen molar-refractivity contribution in [2.75, 3.05) is 19.0 Å². The molecule has 0 amide bonds. The summed E-state index contributed by atoms with van der Waals surface area (Å²) in [5.41, 5.74) is 5.98. The lowest BCUT2D eigenvalue weighted by Crippen LogP contribution is -2.10. The van der Waals surface area contributed by atoms with Crippen LogP contribution >= 0.6 is 0 Å². The highest BCUT2D eigenvalue weighted by Gasteiger charge is 2.10. The Morgan fingerprint density at radius 2 is 2.14 bits per heavy atom. The summed E-state index contributed by atoms with van der Waals surface area (Å²) >= 11 is 0. The maximum absolute atomic E-state index is 5.98. The molecule has 2 N–H and O–H groups in total. The summed E-state index contributed by atoms with van der Waals surface area (Å²) in [4.78, 5) is 1.94. The molecule has 1 atom stereocenters. The van der Waals surface area contributed by atoms with Gasteiger partial charge in [0.1, 0.15) is 5.76 Å². The molecule has 0 fully saturated rings. The molecule has 14 heavy (non-hydrogen) atoms. The van der Waals surface area contributed by atoms with E-state index in [1.165, 1.54) is 6.42 Å². The van der Waals surface area contributed by atoms with Crippen LogP contribution in [0.4, 0.5) is 5.88 Å². The summed E-state index contributed by atoms with van der Waals surface area (Å²) in [6.45, 7) is 2.17. The zero-order valence-electron chi connectivity index (χ0n) is 9.29. The normalized spacial score (nSPS) is 12.9. The van der Waals surface area contributed by atoms with Gasteiger partial charge in [-0.05, 0) is 12.5 Å². The smallest absolute Gasteiger partial charge is 0.195 e. The predicted octanol–water partition coefficient (Wildman–Crippen LogP) is 2.54. The van der Waals surface area contributed by atoms with Gasteiger partial charge in [0.15, 0.2) is 5.88 Å². The first kappa shape index (κ1) is 11.1. The van der Waals surface area contributed by atoms with Crippen LogP contribution in [0.1, 0.15) is 38.0 Å². The van der Waals surface area contributed by atoms with Gasteiger partial charge in [0, 0.05) is 20.2 Å². The van der Waals surface area contributed by atoms with E-state index in [2.05, 4.69) is 6.92 Å². The van der Waals surface area contributed by atoms with Crippen molar-refractivity contribution in [3.05, 3.63) is 17.9 Å². The van der Waals surface area contributed by atoms with Crippen LogP contribution in [0.3, 0.4) is 0 Å². The van der Waals surface area contributed by atoms with Crippen molar-refractivity contribution in [3.8, 4) is 0 Å². The van der Waals surface area contributed by atoms with Crippen LogP contribution in [0.25, 0.3) is 0 Å². The Hall–Kier alpha value is -0.960. The minimum Gasteiger partial charge on any atom is -0.444 e. The molecule has 0 bridgehead atoms. The maximum atomic E-state index is 5.98. The Morgan fingerprint density at radius 3 is 2.64 bits per heavy atom. The van der Waals surface area contributed by atoms with E-state index in [-0.39, 0.29) is 6.04 Å². The number of unbranched alkanes of at least 4 members (excludes halogenated alkanes) is 1. The zero-order chi connectivity index (χ0) is 10.6. The van der Waals surface area contributed by atoms with E-state index in [0.29, 0.717) is 0 Å². The summed E-state index contributed by atoms with van der Waals surface area (Å²) < 4.78 is 5.60. The second kappa shape index (κ2) is 5.05. The van der Waals surface area contributed by atoms with Crippen LogP contribution in [0.2, 0.25) is 0 Å². The first-order valence-electron chi connectivity index (χ1n) is 5.17. The number of rotatable bonds is 5. The molecule has 1 aromatic rings. The van der Waals surface area contributed by atoms with Crippen LogP contribution < -0.4 is 10.6 Å². The molecule has 0 aliphatic rings. The molecule has 0 aliphatic carbocycles. The Balaban J connectivity index is 2.57. The summed E-state index contributed by atoms with van der Waals surface area (Å²) in [7, 11) is 3.92. The SMILES string of the molecule is CCCC[C@@H](N)c1ccc(N(C)C)o1. The Bertz CT molecular complexity index is 268. The highest BCUT2D eigenvalue weighted by atomic mass is 16.4. The Morgan fingerprint density at radius 1 is 1.43 bits per heavy atom. The quantitative estimate of drug-likeness (QED) is 0.787. The Kier molecular flexibility index (Phi) is 4.01. The molecule has 0 saturated heterocycles. The molecular weight excluding hydrogens is 176 g/mol. The second-order valence-electron chi connectivity index (χ2n) is 3.82. The molecule has 0 radical (unpaired) electrons. The minimum atomic E-state index is 0.0450. The number of nitrogens with two attached hydrogens (primary N) is 1. The average Bonchev–Trinajstić information content (AvgIpc) is 2.62. The molecule has 0 aromatic carbocycles. The monoisotopic (exact) mass is 196 g/mol. The van der Waals surface area contributed by atoms with E-state index in [1.54, 1.807) is 0 Å². The molecule has 3 heteroatoms. The molecule has 80 valence electrons. The van der Waals surface area contributed by atoms with E-state index in [0.717, 1.165) is 24.5 Å². The molecule has 0 saturated carbocycles. The molecular formula is C11H20N2O. The van der Waals surface area contributed by atoms with Crippen LogP contribution in [-0.4, -0.2) is 14.1 Å². The lowest BCUT2D eigenvalue weighted by molar-refractivity contribution is 0.447. The number of nitrogens with zero attached hydrogens (tertiary/aromatic N) is 1. The van der Waals surface area contributed by atoms with Crippen molar-refractivity contribution in [1.29, 1.82) is 0 Å². The first-order valence-corrected chi connectivity index (χ1v) is 5.17. The van der Waals surface area contributed by atoms with Crippen molar-refractivity contribution < 1.29 is 4.42 Å². The lowest BCUT2D eigenvalue weighted by atomic mass is 10.1. The van der Waals surface area contributed by atoms with Gasteiger partial charge in [0.25, 0.3) is 0 Å². The molecule has 0 spiro atoms. The first-order chi connectivity index (χ1) is 6.65. The zero-order valence-corrected chi connectivity index (χ0v) is 9.29. The molecule has 0 unspecified atom stereocenters. The second-order valence-corrected chi connectivity index (χ2v) is 3.82. The topological polar surface area (TPSA) is 42.4 Å². The van der Waals surface area contributed by atoms with E-state index >= 15 is 0 Å². The van der Waals surface area contributed by atoms with Gasteiger partial charge >= 0.3 is 0 Å². The van der Waals surface area contributed by atoms with Crippen LogP contribution in [0.5, 0.6) is 0 Å². The van der Waals surface area contributed by atoms with Crippen molar-refractivity contribution in [2.45, 2.75) is 32.2 Å². The highest BCUT2D eigenvalue weighted by molar-refractivity contribution is 5.34. The van der Waals surface area contributed by atoms with Gasteiger partial charge in [0.2, 0.25) is 0 Å². The van der Waals surface area contributed by atoms with Gasteiger partial charge in [-0.2, -0.15) is 0 Å². The van der Waals surface area contributed by atoms with Gasteiger partial charge in [-0.3, -0.25) is 0 Å². The highest BCUT2D eigenvalue weighted by Crippen LogP contribution is 2.23. The number of hydrogen-bond acceptors (Lipinski definition) is 3. The molecule has 1 aromatic heterocycles. The molecule has 0 aliphatic heterocycles. The van der Waals surface area contributed by atoms with E-state index in [4.69, 9.17) is 10.2 Å². The fourth-order valence-corrected chi connectivity index (χ4v) is 1.35. The van der Waals surface area contributed by atoms with Crippen LogP contribution in [0, 0.1) is 0 Å². The third kappa shape index (κ3) is 2.77. The predicted molar refractivity (Wildman–Crippen MR) is 59.5 cm³/mol. The van der Waals surface area contributed by atoms with Crippen molar-refractivity contribution >= 4 is 5.88 Å². The molecule has 1 rings (SSSR count). The van der Waals surface area contributed by atoms with Gasteiger partial charge in [-0.15, -0.1) is 0 Å². The largest absolute Gasteiger partial charge is 0.444 e. The number of furan rings is 1. The summed E-state index contributed by atoms with van der Waals surface area (Å²) in [6, 6.07) is 3.97. The fraction of sp³-hybridized carbons (Fsp3) is 0.636. The van der Waals surface area contributed by atoms with E-state index in [1.807, 2.05) is 31.1 Å². The van der Waals surface area contributed by atoms with Gasteiger partial charge in [-0.1, -0.05) is 19.8 Å². The van der Waals surface area contributed by atoms with Gasteiger partial charge < -0.3 is 15.1 Å². The Labute approximate surface area is 85.9 Å². The standard InChI is InChI=1S/C11H20N2O/c1-4-5-6-9(12)10-7-8-11(14-10)13(2)3/h7-9H,4-6,12H2,1-3H3/t9-/m1/s1. The van der Waals surface area contributed by atoms with Gasteiger partial charge in [-0.25, -0.2) is 0 Å². The van der Waals surface area contributed by atoms with E-state index in [9.17, 15) is 0 Å². The summed E-state index contributed by atoms with van der Waals surface area (Å²) in [5.74, 6) is 1.76. The fourth-order valence-electron chi connectivity index (χ4n) is 1.35. The van der Waals surface area contributed by atoms with Crippen molar-refractivity contribution in [1.82, 2.24) is 0 Å². The van der Waals surface area contributed by atoms with Crippen molar-refractivity contribution in [3.63, 3.8) is 0 Å².